The van der Waals surface area contributed by atoms with E-state index >= 15 is 0 Å². The fourth-order valence-corrected chi connectivity index (χ4v) is 2.88. The number of benzene rings is 3. The third-order valence-electron chi connectivity index (χ3n) is 4.19. The van der Waals surface area contributed by atoms with Crippen molar-refractivity contribution >= 4 is 0 Å². The van der Waals surface area contributed by atoms with Crippen molar-refractivity contribution in [3.05, 3.63) is 96.7 Å². The monoisotopic (exact) mass is 314 g/mol. The maximum Gasteiger partial charge on any atom is 0.0520 e. The van der Waals surface area contributed by atoms with Crippen LogP contribution in [0.2, 0.25) is 0 Å². The van der Waals surface area contributed by atoms with E-state index in [9.17, 15) is 0 Å². The second-order valence-electron chi connectivity index (χ2n) is 5.72. The van der Waals surface area contributed by atoms with E-state index in [4.69, 9.17) is 5.73 Å². The average Bonchev–Trinajstić information content (AvgIpc) is 2.67. The normalized spacial score (nSPS) is 12.4. The maximum atomic E-state index is 5.54. The Balaban J connectivity index is 1.89. The van der Waals surface area contributed by atoms with Crippen LogP contribution in [0, 0.1) is 0 Å². The van der Waals surface area contributed by atoms with E-state index in [2.05, 4.69) is 78.1 Å². The number of nitrogens with one attached hydrogen (secondary N) is 1. The summed E-state index contributed by atoms with van der Waals surface area (Å²) in [6.07, 6.45) is 3.54. The van der Waals surface area contributed by atoms with E-state index in [1.165, 1.54) is 27.8 Å². The summed E-state index contributed by atoms with van der Waals surface area (Å²) in [5.74, 6) is 0. The van der Waals surface area contributed by atoms with Gasteiger partial charge in [-0.3, -0.25) is 0 Å². The third kappa shape index (κ3) is 3.55. The van der Waals surface area contributed by atoms with Gasteiger partial charge in [0.15, 0.2) is 0 Å². The Morgan fingerprint density at radius 1 is 0.750 bits per heavy atom. The Morgan fingerprint density at radius 2 is 1.33 bits per heavy atom. The zero-order chi connectivity index (χ0) is 16.8. The van der Waals surface area contributed by atoms with Crippen molar-refractivity contribution in [3.63, 3.8) is 0 Å². The average molecular weight is 314 g/mol. The van der Waals surface area contributed by atoms with Gasteiger partial charge in [0.05, 0.1) is 6.04 Å². The van der Waals surface area contributed by atoms with Gasteiger partial charge in [0.2, 0.25) is 0 Å². The standard InChI is InChI=1S/C22H22N2/c1-24-22(14-15-23)21-9-5-8-20(16-21)19-12-10-18(11-13-19)17-6-3-2-4-7-17/h2-16,22,24H,23H2,1H3/b15-14-. The quantitative estimate of drug-likeness (QED) is 0.713. The van der Waals surface area contributed by atoms with Crippen LogP contribution in [0.15, 0.2) is 91.1 Å². The molecule has 0 aliphatic carbocycles. The minimum atomic E-state index is 0.124. The van der Waals surface area contributed by atoms with Gasteiger partial charge >= 0.3 is 0 Å². The van der Waals surface area contributed by atoms with E-state index in [1.807, 2.05) is 19.2 Å². The molecule has 0 aromatic heterocycles. The Hall–Kier alpha value is -2.84. The molecule has 0 spiro atoms. The molecule has 0 heterocycles. The van der Waals surface area contributed by atoms with Gasteiger partial charge in [-0.2, -0.15) is 0 Å². The fraction of sp³-hybridized carbons (Fsp3) is 0.0909. The smallest absolute Gasteiger partial charge is 0.0520 e. The predicted octanol–water partition coefficient (Wildman–Crippen LogP) is 4.75. The lowest BCUT2D eigenvalue weighted by Gasteiger charge is -2.13. The van der Waals surface area contributed by atoms with Crippen LogP contribution < -0.4 is 11.1 Å². The lowest BCUT2D eigenvalue weighted by molar-refractivity contribution is 0.714. The minimum absolute atomic E-state index is 0.124. The molecule has 24 heavy (non-hydrogen) atoms. The van der Waals surface area contributed by atoms with Crippen molar-refractivity contribution in [1.29, 1.82) is 0 Å². The molecule has 0 radical (unpaired) electrons. The molecule has 120 valence electrons. The highest BCUT2D eigenvalue weighted by Gasteiger charge is 2.07. The molecule has 0 aliphatic heterocycles. The molecule has 3 aromatic rings. The van der Waals surface area contributed by atoms with Crippen molar-refractivity contribution in [2.24, 2.45) is 5.73 Å². The molecule has 3 aromatic carbocycles. The number of nitrogens with two attached hydrogens (primary N) is 1. The van der Waals surface area contributed by atoms with Crippen LogP contribution in [-0.4, -0.2) is 7.05 Å². The summed E-state index contributed by atoms with van der Waals surface area (Å²) in [7, 11) is 1.94. The molecule has 2 heteroatoms. The van der Waals surface area contributed by atoms with Gasteiger partial charge < -0.3 is 11.1 Å². The molecule has 0 bridgehead atoms. The van der Waals surface area contributed by atoms with E-state index < -0.39 is 0 Å². The number of hydrogen-bond donors (Lipinski definition) is 2. The van der Waals surface area contributed by atoms with E-state index in [0.717, 1.165) is 0 Å². The van der Waals surface area contributed by atoms with Gasteiger partial charge in [-0.05, 0) is 53.2 Å². The SMILES string of the molecule is CNC(/C=C\N)c1cccc(-c2ccc(-c3ccccc3)cc2)c1. The first-order valence-corrected chi connectivity index (χ1v) is 8.13. The van der Waals surface area contributed by atoms with Crippen molar-refractivity contribution in [2.45, 2.75) is 6.04 Å². The second kappa shape index (κ2) is 7.62. The highest BCUT2D eigenvalue weighted by atomic mass is 14.9. The first-order chi connectivity index (χ1) is 11.8. The predicted molar refractivity (Wildman–Crippen MR) is 102 cm³/mol. The largest absolute Gasteiger partial charge is 0.405 e. The molecule has 0 fully saturated rings. The van der Waals surface area contributed by atoms with Crippen LogP contribution in [-0.2, 0) is 0 Å². The summed E-state index contributed by atoms with van der Waals surface area (Å²) >= 11 is 0. The summed E-state index contributed by atoms with van der Waals surface area (Å²) < 4.78 is 0. The zero-order valence-corrected chi connectivity index (χ0v) is 13.8. The van der Waals surface area contributed by atoms with Crippen LogP contribution in [0.3, 0.4) is 0 Å². The first kappa shape index (κ1) is 16.0. The molecule has 1 unspecified atom stereocenters. The van der Waals surface area contributed by atoms with E-state index in [1.54, 1.807) is 6.20 Å². The van der Waals surface area contributed by atoms with Crippen LogP contribution in [0.25, 0.3) is 22.3 Å². The van der Waals surface area contributed by atoms with Gasteiger partial charge in [0.1, 0.15) is 0 Å². The third-order valence-corrected chi connectivity index (χ3v) is 4.19. The first-order valence-electron chi connectivity index (χ1n) is 8.13. The number of rotatable bonds is 5. The Kier molecular flexibility index (Phi) is 5.09. The zero-order valence-electron chi connectivity index (χ0n) is 13.8. The summed E-state index contributed by atoms with van der Waals surface area (Å²) in [5, 5.41) is 3.26. The van der Waals surface area contributed by atoms with Gasteiger partial charge in [0, 0.05) is 0 Å². The Bertz CT molecular complexity index is 805. The molecule has 1 atom stereocenters. The topological polar surface area (TPSA) is 38.0 Å². The summed E-state index contributed by atoms with van der Waals surface area (Å²) in [6.45, 7) is 0. The lowest BCUT2D eigenvalue weighted by atomic mass is 9.97. The summed E-state index contributed by atoms with van der Waals surface area (Å²) in [4.78, 5) is 0. The van der Waals surface area contributed by atoms with Crippen molar-refractivity contribution in [1.82, 2.24) is 5.32 Å². The fourth-order valence-electron chi connectivity index (χ4n) is 2.88. The molecule has 0 aliphatic rings. The number of likely N-dealkylation sites (N-methyl/N-ethyl adjacent to an activating group) is 1. The lowest BCUT2D eigenvalue weighted by Crippen LogP contribution is -2.14. The van der Waals surface area contributed by atoms with Crippen LogP contribution >= 0.6 is 0 Å². The summed E-state index contributed by atoms with van der Waals surface area (Å²) in [6, 6.07) is 27.8. The molecular formula is C22H22N2. The molecule has 0 saturated heterocycles. The van der Waals surface area contributed by atoms with Crippen LogP contribution in [0.5, 0.6) is 0 Å². The Morgan fingerprint density at radius 3 is 1.96 bits per heavy atom. The van der Waals surface area contributed by atoms with Crippen molar-refractivity contribution < 1.29 is 0 Å². The Labute approximate surface area is 143 Å². The van der Waals surface area contributed by atoms with Gasteiger partial charge in [-0.25, -0.2) is 0 Å². The van der Waals surface area contributed by atoms with Crippen molar-refractivity contribution in [3.8, 4) is 22.3 Å². The molecule has 0 saturated carbocycles. The molecule has 0 amide bonds. The highest BCUT2D eigenvalue weighted by molar-refractivity contribution is 5.70. The second-order valence-corrected chi connectivity index (χ2v) is 5.72. The van der Waals surface area contributed by atoms with Crippen molar-refractivity contribution in [2.75, 3.05) is 7.05 Å². The van der Waals surface area contributed by atoms with Gasteiger partial charge in [0.25, 0.3) is 0 Å². The van der Waals surface area contributed by atoms with Gasteiger partial charge in [-0.1, -0.05) is 72.8 Å². The van der Waals surface area contributed by atoms with Crippen LogP contribution in [0.4, 0.5) is 0 Å². The van der Waals surface area contributed by atoms with E-state index in [0.29, 0.717) is 0 Å². The molecular weight excluding hydrogens is 292 g/mol. The molecule has 2 nitrogen and oxygen atoms in total. The molecule has 3 rings (SSSR count). The van der Waals surface area contributed by atoms with Crippen LogP contribution in [0.1, 0.15) is 11.6 Å². The number of hydrogen-bond acceptors (Lipinski definition) is 2. The van der Waals surface area contributed by atoms with Gasteiger partial charge in [-0.15, -0.1) is 0 Å². The maximum absolute atomic E-state index is 5.54. The molecule has 3 N–H and O–H groups in total. The highest BCUT2D eigenvalue weighted by Crippen LogP contribution is 2.27. The summed E-state index contributed by atoms with van der Waals surface area (Å²) in [5.41, 5.74) is 11.6. The van der Waals surface area contributed by atoms with E-state index in [-0.39, 0.29) is 6.04 Å². The minimum Gasteiger partial charge on any atom is -0.405 e.